The van der Waals surface area contributed by atoms with E-state index in [1.54, 1.807) is 37.4 Å². The summed E-state index contributed by atoms with van der Waals surface area (Å²) < 4.78 is 17.2. The summed E-state index contributed by atoms with van der Waals surface area (Å²) in [6, 6.07) is 24.2. The zero-order chi connectivity index (χ0) is 26.3. The summed E-state index contributed by atoms with van der Waals surface area (Å²) in [7, 11) is 1.55. The summed E-state index contributed by atoms with van der Waals surface area (Å²) in [5, 5.41) is 19.6. The van der Waals surface area contributed by atoms with Crippen LogP contribution in [0, 0.1) is 0 Å². The first-order chi connectivity index (χ1) is 18.6. The third-order valence-corrected chi connectivity index (χ3v) is 5.43. The first-order valence-corrected chi connectivity index (χ1v) is 11.4. The van der Waals surface area contributed by atoms with Crippen LogP contribution in [-0.2, 0) is 6.61 Å². The molecule has 2 heterocycles. The fourth-order valence-corrected chi connectivity index (χ4v) is 3.60. The van der Waals surface area contributed by atoms with E-state index in [0.29, 0.717) is 34.9 Å². The fourth-order valence-electron chi connectivity index (χ4n) is 3.60. The van der Waals surface area contributed by atoms with Gasteiger partial charge < -0.3 is 15.2 Å². The number of carbonyl (C=O) groups excluding carboxylic acids is 1. The molecule has 1 amide bonds. The molecule has 12 nitrogen and oxygen atoms in total. The van der Waals surface area contributed by atoms with Crippen molar-refractivity contribution in [3.05, 3.63) is 95.7 Å². The Hall–Kier alpha value is -5.52. The van der Waals surface area contributed by atoms with Crippen molar-refractivity contribution >= 4 is 17.9 Å². The Morgan fingerprint density at radius 2 is 1.82 bits per heavy atom. The average Bonchev–Trinajstić information content (AvgIpc) is 3.59. The highest BCUT2D eigenvalue weighted by molar-refractivity contribution is 5.99. The minimum atomic E-state index is -0.595. The van der Waals surface area contributed by atoms with Crippen molar-refractivity contribution < 1.29 is 18.9 Å². The number of nitrogens with zero attached hydrogens (tertiary/aromatic N) is 6. The number of methoxy groups -OCH3 is 1. The molecule has 3 aromatic carbocycles. The number of anilines is 1. The number of carbonyl (C=O) groups is 1. The van der Waals surface area contributed by atoms with Crippen molar-refractivity contribution in [3.63, 3.8) is 0 Å². The van der Waals surface area contributed by atoms with E-state index < -0.39 is 5.91 Å². The number of nitrogen functional groups attached to an aromatic ring is 1. The topological polar surface area (TPSA) is 156 Å². The van der Waals surface area contributed by atoms with Crippen LogP contribution < -0.4 is 20.6 Å². The molecule has 0 unspecified atom stereocenters. The van der Waals surface area contributed by atoms with Gasteiger partial charge in [-0.05, 0) is 39.6 Å². The Balaban J connectivity index is 1.35. The Labute approximate surface area is 216 Å². The number of aromatic nitrogens is 5. The minimum absolute atomic E-state index is 0.0321. The van der Waals surface area contributed by atoms with Gasteiger partial charge in [0.1, 0.15) is 12.3 Å². The van der Waals surface area contributed by atoms with Gasteiger partial charge in [-0.15, -0.1) is 5.10 Å². The number of hydrogen-bond acceptors (Lipinski definition) is 10. The number of hydrogen-bond donors (Lipinski definition) is 2. The Morgan fingerprint density at radius 3 is 2.53 bits per heavy atom. The molecule has 3 N–H and O–H groups in total. The van der Waals surface area contributed by atoms with Gasteiger partial charge in [0.25, 0.3) is 5.91 Å². The summed E-state index contributed by atoms with van der Waals surface area (Å²) in [5.74, 6) is 0.498. The SMILES string of the molecule is COc1cc(C=NNC(=O)c2c(-c3ccccc3)nnn2-c2nonc2N)ccc1OCc1ccccc1. The van der Waals surface area contributed by atoms with Crippen molar-refractivity contribution in [3.8, 4) is 28.6 Å². The molecular weight excluding hydrogens is 488 g/mol. The van der Waals surface area contributed by atoms with Crippen LogP contribution in [0.3, 0.4) is 0 Å². The van der Waals surface area contributed by atoms with Crippen molar-refractivity contribution in [2.45, 2.75) is 6.61 Å². The van der Waals surface area contributed by atoms with Crippen molar-refractivity contribution in [2.24, 2.45) is 5.10 Å². The highest BCUT2D eigenvalue weighted by Crippen LogP contribution is 2.28. The van der Waals surface area contributed by atoms with Crippen molar-refractivity contribution in [1.82, 2.24) is 30.7 Å². The van der Waals surface area contributed by atoms with E-state index in [2.05, 4.69) is 35.8 Å². The quantitative estimate of drug-likeness (QED) is 0.224. The molecule has 0 atom stereocenters. The fraction of sp³-hybridized carbons (Fsp3) is 0.0769. The first-order valence-electron chi connectivity index (χ1n) is 11.4. The van der Waals surface area contributed by atoms with Crippen LogP contribution in [0.2, 0.25) is 0 Å². The molecule has 0 radical (unpaired) electrons. The molecule has 0 aliphatic carbocycles. The maximum Gasteiger partial charge on any atom is 0.292 e. The molecule has 38 heavy (non-hydrogen) atoms. The van der Waals surface area contributed by atoms with E-state index in [-0.39, 0.29) is 17.3 Å². The Morgan fingerprint density at radius 1 is 1.05 bits per heavy atom. The summed E-state index contributed by atoms with van der Waals surface area (Å²) in [5.41, 5.74) is 11.1. The Kier molecular flexibility index (Phi) is 7.02. The molecule has 0 saturated heterocycles. The standard InChI is InChI=1S/C26H22N8O4/c1-36-21-14-18(12-13-20(21)37-16-17-8-4-2-5-9-17)15-28-30-26(35)23-22(19-10-6-3-7-11-19)29-33-34(23)25-24(27)31-38-32-25/h2-15H,16H2,1H3,(H2,27,31)(H,30,35). The second kappa shape index (κ2) is 11.0. The number of amides is 1. The number of benzene rings is 3. The lowest BCUT2D eigenvalue weighted by atomic mass is 10.1. The lowest BCUT2D eigenvalue weighted by Gasteiger charge is -2.11. The van der Waals surface area contributed by atoms with Crippen LogP contribution in [-0.4, -0.2) is 44.5 Å². The van der Waals surface area contributed by atoms with Gasteiger partial charge in [-0.25, -0.2) is 10.1 Å². The molecular formula is C26H22N8O4. The second-order valence-corrected chi connectivity index (χ2v) is 7.92. The molecule has 0 aliphatic rings. The molecule has 0 spiro atoms. The van der Waals surface area contributed by atoms with Gasteiger partial charge in [0, 0.05) is 5.56 Å². The van der Waals surface area contributed by atoms with Crippen molar-refractivity contribution in [1.29, 1.82) is 0 Å². The predicted molar refractivity (Wildman–Crippen MR) is 138 cm³/mol. The molecule has 0 aliphatic heterocycles. The summed E-state index contributed by atoms with van der Waals surface area (Å²) in [6.45, 7) is 0.401. The largest absolute Gasteiger partial charge is 0.493 e. The van der Waals surface area contributed by atoms with E-state index in [1.165, 1.54) is 6.21 Å². The van der Waals surface area contributed by atoms with Gasteiger partial charge in [-0.2, -0.15) is 9.78 Å². The van der Waals surface area contributed by atoms with Crippen molar-refractivity contribution in [2.75, 3.05) is 12.8 Å². The number of hydrazone groups is 1. The van der Waals surface area contributed by atoms with E-state index in [0.717, 1.165) is 10.2 Å². The molecule has 2 aromatic heterocycles. The summed E-state index contributed by atoms with van der Waals surface area (Å²) >= 11 is 0. The maximum atomic E-state index is 13.2. The highest BCUT2D eigenvalue weighted by atomic mass is 16.6. The summed E-state index contributed by atoms with van der Waals surface area (Å²) in [4.78, 5) is 13.2. The second-order valence-electron chi connectivity index (χ2n) is 7.92. The smallest absolute Gasteiger partial charge is 0.292 e. The lowest BCUT2D eigenvalue weighted by Crippen LogP contribution is -2.22. The number of nitrogens with two attached hydrogens (primary N) is 1. The third-order valence-electron chi connectivity index (χ3n) is 5.43. The molecule has 0 bridgehead atoms. The molecule has 190 valence electrons. The first kappa shape index (κ1) is 24.2. The minimum Gasteiger partial charge on any atom is -0.493 e. The number of nitrogens with one attached hydrogen (secondary N) is 1. The van der Waals surface area contributed by atoms with Gasteiger partial charge >= 0.3 is 0 Å². The Bertz CT molecular complexity index is 1560. The van der Waals surface area contributed by atoms with Gasteiger partial charge in [0.2, 0.25) is 11.6 Å². The van der Waals surface area contributed by atoms with Crippen LogP contribution in [0.1, 0.15) is 21.6 Å². The predicted octanol–water partition coefficient (Wildman–Crippen LogP) is 3.25. The molecule has 5 rings (SSSR count). The lowest BCUT2D eigenvalue weighted by molar-refractivity contribution is 0.0947. The van der Waals surface area contributed by atoms with E-state index in [1.807, 2.05) is 48.5 Å². The van der Waals surface area contributed by atoms with Gasteiger partial charge in [-0.1, -0.05) is 65.9 Å². The van der Waals surface area contributed by atoms with Gasteiger partial charge in [0.05, 0.1) is 13.3 Å². The highest BCUT2D eigenvalue weighted by Gasteiger charge is 2.25. The molecule has 0 fully saturated rings. The molecule has 5 aromatic rings. The van der Waals surface area contributed by atoms with Crippen LogP contribution in [0.15, 0.2) is 88.6 Å². The third kappa shape index (κ3) is 5.18. The zero-order valence-corrected chi connectivity index (χ0v) is 20.2. The van der Waals surface area contributed by atoms with E-state index in [9.17, 15) is 4.79 Å². The normalized spacial score (nSPS) is 11.0. The van der Waals surface area contributed by atoms with Crippen LogP contribution in [0.5, 0.6) is 11.5 Å². The monoisotopic (exact) mass is 510 g/mol. The number of ether oxygens (including phenoxy) is 2. The van der Waals surface area contributed by atoms with Gasteiger partial charge in [0.15, 0.2) is 17.2 Å². The summed E-state index contributed by atoms with van der Waals surface area (Å²) in [6.07, 6.45) is 1.48. The van der Waals surface area contributed by atoms with Gasteiger partial charge in [-0.3, -0.25) is 4.79 Å². The number of rotatable bonds is 9. The molecule has 0 saturated carbocycles. The molecule has 12 heteroatoms. The van der Waals surface area contributed by atoms with Crippen LogP contribution in [0.4, 0.5) is 5.82 Å². The van der Waals surface area contributed by atoms with Crippen LogP contribution in [0.25, 0.3) is 17.1 Å². The average molecular weight is 511 g/mol. The zero-order valence-electron chi connectivity index (χ0n) is 20.2. The van der Waals surface area contributed by atoms with E-state index in [4.69, 9.17) is 15.2 Å². The van der Waals surface area contributed by atoms with Crippen LogP contribution >= 0.6 is 0 Å². The van der Waals surface area contributed by atoms with E-state index >= 15 is 0 Å². The maximum absolute atomic E-state index is 13.2.